The summed E-state index contributed by atoms with van der Waals surface area (Å²) in [7, 11) is 0. The molecule has 2 amide bonds. The second-order valence-electron chi connectivity index (χ2n) is 8.00. The standard InChI is InChI=1S/C22H28ClN5O2/c23-18-7-5-17(6-8-18)16-27-12-4-13-28-20(22(27)30)15-19(25-28)21(29)24-9-14-26-10-2-1-3-11-26/h5-8,15H,1-4,9-14,16H2,(H,24,29). The summed E-state index contributed by atoms with van der Waals surface area (Å²) >= 11 is 5.96. The molecule has 1 aromatic carbocycles. The number of aromatic nitrogens is 2. The number of benzene rings is 1. The van der Waals surface area contributed by atoms with Crippen LogP contribution in [-0.4, -0.2) is 64.1 Å². The van der Waals surface area contributed by atoms with E-state index in [2.05, 4.69) is 15.3 Å². The number of carbonyl (C=O) groups is 2. The Bertz CT molecular complexity index is 889. The first-order valence-electron chi connectivity index (χ1n) is 10.7. The maximum absolute atomic E-state index is 13.1. The summed E-state index contributed by atoms with van der Waals surface area (Å²) < 4.78 is 1.67. The molecule has 1 fully saturated rings. The average Bonchev–Trinajstić information content (AvgIpc) is 3.13. The van der Waals surface area contributed by atoms with Gasteiger partial charge in [0.15, 0.2) is 5.69 Å². The van der Waals surface area contributed by atoms with Gasteiger partial charge in [0.25, 0.3) is 11.8 Å². The fourth-order valence-electron chi connectivity index (χ4n) is 4.11. The highest BCUT2D eigenvalue weighted by molar-refractivity contribution is 6.30. The number of amides is 2. The molecule has 2 aliphatic heterocycles. The number of nitrogens with zero attached hydrogens (tertiary/aromatic N) is 4. The Labute approximate surface area is 182 Å². The number of fused-ring (bicyclic) bond motifs is 1. The predicted octanol–water partition coefficient (Wildman–Crippen LogP) is 2.80. The molecule has 1 N–H and O–H groups in total. The van der Waals surface area contributed by atoms with Crippen molar-refractivity contribution in [2.45, 2.75) is 38.8 Å². The smallest absolute Gasteiger partial charge is 0.272 e. The predicted molar refractivity (Wildman–Crippen MR) is 116 cm³/mol. The van der Waals surface area contributed by atoms with E-state index < -0.39 is 0 Å². The van der Waals surface area contributed by atoms with Crippen LogP contribution in [0.1, 0.15) is 52.2 Å². The van der Waals surface area contributed by atoms with Gasteiger partial charge < -0.3 is 15.1 Å². The van der Waals surface area contributed by atoms with E-state index in [4.69, 9.17) is 11.6 Å². The Balaban J connectivity index is 1.38. The Kier molecular flexibility index (Phi) is 6.69. The second-order valence-corrected chi connectivity index (χ2v) is 8.44. The number of hydrogen-bond donors (Lipinski definition) is 1. The van der Waals surface area contributed by atoms with E-state index >= 15 is 0 Å². The molecule has 160 valence electrons. The lowest BCUT2D eigenvalue weighted by molar-refractivity contribution is 0.0745. The molecule has 7 nitrogen and oxygen atoms in total. The van der Waals surface area contributed by atoms with Crippen LogP contribution < -0.4 is 5.32 Å². The molecule has 0 bridgehead atoms. The maximum Gasteiger partial charge on any atom is 0.272 e. The first kappa shape index (κ1) is 20.9. The van der Waals surface area contributed by atoms with Crippen LogP contribution in [0.4, 0.5) is 0 Å². The molecule has 2 aromatic rings. The van der Waals surface area contributed by atoms with Gasteiger partial charge in [0, 0.05) is 43.8 Å². The van der Waals surface area contributed by atoms with Crippen molar-refractivity contribution >= 4 is 23.4 Å². The molecule has 0 aliphatic carbocycles. The molecule has 4 rings (SSSR count). The fourth-order valence-corrected chi connectivity index (χ4v) is 4.23. The maximum atomic E-state index is 13.1. The number of carbonyl (C=O) groups excluding carboxylic acids is 2. The minimum atomic E-state index is -0.218. The van der Waals surface area contributed by atoms with E-state index in [1.807, 2.05) is 29.2 Å². The Morgan fingerprint density at radius 2 is 1.80 bits per heavy atom. The van der Waals surface area contributed by atoms with Crippen LogP contribution in [0.2, 0.25) is 5.02 Å². The minimum Gasteiger partial charge on any atom is -0.349 e. The number of rotatable bonds is 6. The number of hydrogen-bond acceptors (Lipinski definition) is 4. The van der Waals surface area contributed by atoms with E-state index in [1.165, 1.54) is 19.3 Å². The number of nitrogens with one attached hydrogen (secondary N) is 1. The van der Waals surface area contributed by atoms with E-state index in [1.54, 1.807) is 10.7 Å². The van der Waals surface area contributed by atoms with Crippen LogP contribution in [0.25, 0.3) is 0 Å². The molecule has 1 saturated heterocycles. The molecule has 0 saturated carbocycles. The second kappa shape index (κ2) is 9.62. The Morgan fingerprint density at radius 1 is 1.03 bits per heavy atom. The molecule has 2 aliphatic rings. The quantitative estimate of drug-likeness (QED) is 0.766. The van der Waals surface area contributed by atoms with Gasteiger partial charge in [-0.3, -0.25) is 14.3 Å². The largest absolute Gasteiger partial charge is 0.349 e. The van der Waals surface area contributed by atoms with Gasteiger partial charge in [0.2, 0.25) is 0 Å². The van der Waals surface area contributed by atoms with Crippen molar-refractivity contribution in [3.63, 3.8) is 0 Å². The molecule has 1 aromatic heterocycles. The number of halogens is 1. The molecule has 0 spiro atoms. The first-order valence-corrected chi connectivity index (χ1v) is 11.1. The molecule has 8 heteroatoms. The highest BCUT2D eigenvalue weighted by Gasteiger charge is 2.26. The summed E-state index contributed by atoms with van der Waals surface area (Å²) in [5, 5.41) is 8.03. The summed E-state index contributed by atoms with van der Waals surface area (Å²) in [6.07, 6.45) is 4.56. The van der Waals surface area contributed by atoms with Gasteiger partial charge in [-0.1, -0.05) is 30.2 Å². The summed E-state index contributed by atoms with van der Waals surface area (Å²) in [5.41, 5.74) is 1.81. The summed E-state index contributed by atoms with van der Waals surface area (Å²) in [5.74, 6) is -0.313. The summed E-state index contributed by atoms with van der Waals surface area (Å²) in [4.78, 5) is 29.8. The van der Waals surface area contributed by atoms with Gasteiger partial charge in [-0.25, -0.2) is 0 Å². The zero-order valence-electron chi connectivity index (χ0n) is 17.1. The zero-order chi connectivity index (χ0) is 20.9. The van der Waals surface area contributed by atoms with Crippen LogP contribution in [0.3, 0.4) is 0 Å². The third kappa shape index (κ3) is 5.02. The van der Waals surface area contributed by atoms with E-state index in [0.717, 1.165) is 31.6 Å². The Morgan fingerprint density at radius 3 is 2.57 bits per heavy atom. The van der Waals surface area contributed by atoms with Crippen molar-refractivity contribution in [1.82, 2.24) is 24.9 Å². The average molecular weight is 430 g/mol. The van der Waals surface area contributed by atoms with Gasteiger partial charge in [0.05, 0.1) is 0 Å². The molecular weight excluding hydrogens is 402 g/mol. The lowest BCUT2D eigenvalue weighted by Crippen LogP contribution is -2.37. The molecular formula is C22H28ClN5O2. The summed E-state index contributed by atoms with van der Waals surface area (Å²) in [6.45, 7) is 5.45. The van der Waals surface area contributed by atoms with Gasteiger partial charge in [-0.2, -0.15) is 5.10 Å². The van der Waals surface area contributed by atoms with Crippen LogP contribution in [-0.2, 0) is 13.1 Å². The van der Waals surface area contributed by atoms with Crippen molar-refractivity contribution in [3.05, 3.63) is 52.3 Å². The fraction of sp³-hybridized carbons (Fsp3) is 0.500. The number of likely N-dealkylation sites (tertiary alicyclic amines) is 1. The molecule has 30 heavy (non-hydrogen) atoms. The molecule has 3 heterocycles. The third-order valence-corrected chi connectivity index (χ3v) is 6.02. The van der Waals surface area contributed by atoms with Gasteiger partial charge in [0.1, 0.15) is 5.69 Å². The van der Waals surface area contributed by atoms with Crippen LogP contribution in [0.5, 0.6) is 0 Å². The van der Waals surface area contributed by atoms with Gasteiger partial charge in [-0.15, -0.1) is 0 Å². The van der Waals surface area contributed by atoms with Crippen molar-refractivity contribution in [3.8, 4) is 0 Å². The van der Waals surface area contributed by atoms with Crippen LogP contribution >= 0.6 is 11.6 Å². The monoisotopic (exact) mass is 429 g/mol. The number of aryl methyl sites for hydroxylation is 1. The minimum absolute atomic E-state index is 0.0951. The molecule has 0 atom stereocenters. The van der Waals surface area contributed by atoms with Crippen molar-refractivity contribution in [2.24, 2.45) is 0 Å². The zero-order valence-corrected chi connectivity index (χ0v) is 17.9. The van der Waals surface area contributed by atoms with E-state index in [-0.39, 0.29) is 11.8 Å². The topological polar surface area (TPSA) is 70.5 Å². The van der Waals surface area contributed by atoms with Crippen LogP contribution in [0, 0.1) is 0 Å². The highest BCUT2D eigenvalue weighted by Crippen LogP contribution is 2.18. The van der Waals surface area contributed by atoms with Crippen molar-refractivity contribution in [1.29, 1.82) is 0 Å². The Hall–Kier alpha value is -2.38. The SMILES string of the molecule is O=C(NCCN1CCCCC1)c1cc2n(n1)CCCN(Cc1ccc(Cl)cc1)C2=O. The van der Waals surface area contributed by atoms with Crippen molar-refractivity contribution in [2.75, 3.05) is 32.7 Å². The number of piperidine rings is 1. The van der Waals surface area contributed by atoms with E-state index in [0.29, 0.717) is 42.6 Å². The normalized spacial score (nSPS) is 17.5. The van der Waals surface area contributed by atoms with Gasteiger partial charge in [-0.05, 0) is 50.0 Å². The first-order chi connectivity index (χ1) is 14.6. The molecule has 0 unspecified atom stereocenters. The van der Waals surface area contributed by atoms with E-state index in [9.17, 15) is 9.59 Å². The highest BCUT2D eigenvalue weighted by atomic mass is 35.5. The van der Waals surface area contributed by atoms with Crippen molar-refractivity contribution < 1.29 is 9.59 Å². The third-order valence-electron chi connectivity index (χ3n) is 5.77. The lowest BCUT2D eigenvalue weighted by atomic mass is 10.1. The molecule has 0 radical (unpaired) electrons. The van der Waals surface area contributed by atoms with Crippen LogP contribution in [0.15, 0.2) is 30.3 Å². The van der Waals surface area contributed by atoms with Gasteiger partial charge >= 0.3 is 0 Å². The lowest BCUT2D eigenvalue weighted by Gasteiger charge is -2.26. The summed E-state index contributed by atoms with van der Waals surface area (Å²) in [6, 6.07) is 9.14.